The van der Waals surface area contributed by atoms with Gasteiger partial charge in [0.15, 0.2) is 6.61 Å². The van der Waals surface area contributed by atoms with E-state index in [9.17, 15) is 14.0 Å². The molecule has 0 radical (unpaired) electrons. The zero-order valence-electron chi connectivity index (χ0n) is 13.3. The van der Waals surface area contributed by atoms with E-state index in [1.165, 1.54) is 25.3 Å². The monoisotopic (exact) mass is 319 g/mol. The molecular weight excluding hydrogens is 297 g/mol. The Morgan fingerprint density at radius 2 is 2.13 bits per heavy atom. The zero-order valence-corrected chi connectivity index (χ0v) is 13.3. The number of nitrogens with one attached hydrogen (secondary N) is 1. The highest BCUT2D eigenvalue weighted by atomic mass is 19.1. The van der Waals surface area contributed by atoms with Crippen LogP contribution >= 0.6 is 0 Å². The van der Waals surface area contributed by atoms with Crippen LogP contribution in [-0.2, 0) is 14.3 Å². The number of carbonyl (C=O) groups is 2. The highest BCUT2D eigenvalue weighted by Crippen LogP contribution is 2.49. The molecule has 3 atom stereocenters. The standard InChI is InChI=1S/C18H22FNO3/c1-11-2-5-15(9-16(11)19)20-17(21)10-23-18(22)8-14-7-12-3-4-13(14)6-12/h2,5,9,12-14H,3-4,6-8,10H2,1H3,(H,20,21)/t12-,13-,14+/m1/s1. The van der Waals surface area contributed by atoms with Gasteiger partial charge in [-0.2, -0.15) is 0 Å². The predicted octanol–water partition coefficient (Wildman–Crippen LogP) is 3.44. The molecule has 2 fully saturated rings. The van der Waals surface area contributed by atoms with Gasteiger partial charge >= 0.3 is 5.97 Å². The Kier molecular flexibility index (Phi) is 4.64. The minimum Gasteiger partial charge on any atom is -0.456 e. The molecule has 5 heteroatoms. The Balaban J connectivity index is 1.41. The third-order valence-corrected chi connectivity index (χ3v) is 5.13. The summed E-state index contributed by atoms with van der Waals surface area (Å²) < 4.78 is 18.5. The lowest BCUT2D eigenvalue weighted by Crippen LogP contribution is -2.23. The van der Waals surface area contributed by atoms with E-state index < -0.39 is 5.91 Å². The largest absolute Gasteiger partial charge is 0.456 e. The highest BCUT2D eigenvalue weighted by molar-refractivity contribution is 5.92. The third kappa shape index (κ3) is 3.89. The fourth-order valence-corrected chi connectivity index (χ4v) is 3.91. The van der Waals surface area contributed by atoms with Crippen molar-refractivity contribution in [1.29, 1.82) is 0 Å². The van der Waals surface area contributed by atoms with Crippen molar-refractivity contribution in [3.63, 3.8) is 0 Å². The molecule has 2 aliphatic carbocycles. The molecule has 1 N–H and O–H groups in total. The number of benzene rings is 1. The number of hydrogen-bond donors (Lipinski definition) is 1. The van der Waals surface area contributed by atoms with Crippen LogP contribution in [0.25, 0.3) is 0 Å². The average molecular weight is 319 g/mol. The van der Waals surface area contributed by atoms with Crippen LogP contribution in [0.5, 0.6) is 0 Å². The summed E-state index contributed by atoms with van der Waals surface area (Å²) in [7, 11) is 0. The Labute approximate surface area is 135 Å². The van der Waals surface area contributed by atoms with E-state index in [1.54, 1.807) is 19.1 Å². The molecule has 23 heavy (non-hydrogen) atoms. The van der Waals surface area contributed by atoms with Crippen LogP contribution in [0.15, 0.2) is 18.2 Å². The fraction of sp³-hybridized carbons (Fsp3) is 0.556. The number of halogens is 1. The second-order valence-corrected chi connectivity index (χ2v) is 6.81. The molecule has 1 aromatic carbocycles. The number of aryl methyl sites for hydroxylation is 1. The second-order valence-electron chi connectivity index (χ2n) is 6.81. The molecule has 2 bridgehead atoms. The van der Waals surface area contributed by atoms with Crippen LogP contribution in [0.2, 0.25) is 0 Å². The number of anilines is 1. The molecule has 2 aliphatic rings. The van der Waals surface area contributed by atoms with Crippen molar-refractivity contribution in [2.75, 3.05) is 11.9 Å². The maximum Gasteiger partial charge on any atom is 0.306 e. The number of ether oxygens (including phenoxy) is 1. The lowest BCUT2D eigenvalue weighted by molar-refractivity contribution is -0.148. The van der Waals surface area contributed by atoms with Crippen molar-refractivity contribution < 1.29 is 18.7 Å². The van der Waals surface area contributed by atoms with E-state index in [2.05, 4.69) is 5.32 Å². The SMILES string of the molecule is Cc1ccc(NC(=O)COC(=O)C[C@@H]2C[C@@H]3CC[C@@H]2C3)cc1F. The van der Waals surface area contributed by atoms with Gasteiger partial charge in [0, 0.05) is 12.1 Å². The smallest absolute Gasteiger partial charge is 0.306 e. The first-order chi connectivity index (χ1) is 11.0. The molecule has 1 amide bonds. The lowest BCUT2D eigenvalue weighted by atomic mass is 9.86. The van der Waals surface area contributed by atoms with Gasteiger partial charge < -0.3 is 10.1 Å². The predicted molar refractivity (Wildman–Crippen MR) is 84.3 cm³/mol. The number of fused-ring (bicyclic) bond motifs is 2. The van der Waals surface area contributed by atoms with Crippen LogP contribution in [0.3, 0.4) is 0 Å². The normalized spacial score (nSPS) is 25.4. The molecule has 124 valence electrons. The summed E-state index contributed by atoms with van der Waals surface area (Å²) in [6.45, 7) is 1.33. The molecule has 1 aromatic rings. The van der Waals surface area contributed by atoms with Gasteiger partial charge in [0.2, 0.25) is 0 Å². The summed E-state index contributed by atoms with van der Waals surface area (Å²) in [5.41, 5.74) is 0.877. The van der Waals surface area contributed by atoms with Crippen molar-refractivity contribution in [1.82, 2.24) is 0 Å². The van der Waals surface area contributed by atoms with Crippen molar-refractivity contribution in [3.8, 4) is 0 Å². The molecule has 0 aliphatic heterocycles. The van der Waals surface area contributed by atoms with Gasteiger partial charge in [-0.15, -0.1) is 0 Å². The van der Waals surface area contributed by atoms with Crippen LogP contribution in [-0.4, -0.2) is 18.5 Å². The second kappa shape index (κ2) is 6.69. The van der Waals surface area contributed by atoms with Crippen LogP contribution in [0.4, 0.5) is 10.1 Å². The summed E-state index contributed by atoms with van der Waals surface area (Å²) >= 11 is 0. The molecule has 0 heterocycles. The number of rotatable bonds is 5. The quantitative estimate of drug-likeness (QED) is 0.846. The first-order valence-corrected chi connectivity index (χ1v) is 8.23. The summed E-state index contributed by atoms with van der Waals surface area (Å²) in [6, 6.07) is 4.46. The van der Waals surface area contributed by atoms with Crippen molar-refractivity contribution in [3.05, 3.63) is 29.6 Å². The number of esters is 1. The fourth-order valence-electron chi connectivity index (χ4n) is 3.91. The summed E-state index contributed by atoms with van der Waals surface area (Å²) in [5.74, 6) is 0.739. The number of amides is 1. The van der Waals surface area contributed by atoms with Gasteiger partial charge in [-0.25, -0.2) is 4.39 Å². The van der Waals surface area contributed by atoms with E-state index in [1.807, 2.05) is 0 Å². The summed E-state index contributed by atoms with van der Waals surface area (Å²) in [5, 5.41) is 2.53. The highest BCUT2D eigenvalue weighted by Gasteiger charge is 2.40. The molecular formula is C18H22FNO3. The first kappa shape index (κ1) is 16.0. The average Bonchev–Trinajstić information content (AvgIpc) is 3.12. The Morgan fingerprint density at radius 1 is 1.30 bits per heavy atom. The summed E-state index contributed by atoms with van der Waals surface area (Å²) in [4.78, 5) is 23.6. The molecule has 0 aromatic heterocycles. The van der Waals surface area contributed by atoms with E-state index in [4.69, 9.17) is 4.74 Å². The van der Waals surface area contributed by atoms with Crippen molar-refractivity contribution >= 4 is 17.6 Å². The van der Waals surface area contributed by atoms with E-state index in [-0.39, 0.29) is 18.4 Å². The number of hydrogen-bond acceptors (Lipinski definition) is 3. The first-order valence-electron chi connectivity index (χ1n) is 8.23. The van der Waals surface area contributed by atoms with Gasteiger partial charge in [0.05, 0.1) is 0 Å². The van der Waals surface area contributed by atoms with Gasteiger partial charge in [-0.05, 0) is 61.6 Å². The van der Waals surface area contributed by atoms with Gasteiger partial charge in [0.25, 0.3) is 5.91 Å². The molecule has 0 spiro atoms. The number of carbonyl (C=O) groups excluding carboxylic acids is 2. The maximum absolute atomic E-state index is 13.4. The summed E-state index contributed by atoms with van der Waals surface area (Å²) in [6.07, 6.45) is 5.30. The van der Waals surface area contributed by atoms with Gasteiger partial charge in [0.1, 0.15) is 5.82 Å². The Hall–Kier alpha value is -1.91. The lowest BCUT2D eigenvalue weighted by Gasteiger charge is -2.20. The minimum atomic E-state index is -0.449. The van der Waals surface area contributed by atoms with Gasteiger partial charge in [-0.3, -0.25) is 9.59 Å². The topological polar surface area (TPSA) is 55.4 Å². The van der Waals surface area contributed by atoms with Crippen molar-refractivity contribution in [2.24, 2.45) is 17.8 Å². The molecule has 0 unspecified atom stereocenters. The maximum atomic E-state index is 13.4. The van der Waals surface area contributed by atoms with E-state index in [0.29, 0.717) is 29.5 Å². The van der Waals surface area contributed by atoms with E-state index >= 15 is 0 Å². The third-order valence-electron chi connectivity index (χ3n) is 5.13. The molecule has 3 rings (SSSR count). The molecule has 2 saturated carbocycles. The minimum absolute atomic E-state index is 0.312. The van der Waals surface area contributed by atoms with E-state index in [0.717, 1.165) is 12.3 Å². The molecule has 0 saturated heterocycles. The Bertz CT molecular complexity index is 616. The Morgan fingerprint density at radius 3 is 2.78 bits per heavy atom. The molecule has 4 nitrogen and oxygen atoms in total. The zero-order chi connectivity index (χ0) is 16.4. The van der Waals surface area contributed by atoms with Crippen LogP contribution < -0.4 is 5.32 Å². The van der Waals surface area contributed by atoms with Crippen LogP contribution in [0, 0.1) is 30.5 Å². The van der Waals surface area contributed by atoms with Gasteiger partial charge in [-0.1, -0.05) is 12.5 Å². The van der Waals surface area contributed by atoms with Crippen LogP contribution in [0.1, 0.15) is 37.7 Å². The van der Waals surface area contributed by atoms with Crippen molar-refractivity contribution in [2.45, 2.75) is 39.0 Å².